The Hall–Kier alpha value is -0.0800. The highest BCUT2D eigenvalue weighted by Crippen LogP contribution is 2.23. The third-order valence-corrected chi connectivity index (χ3v) is 7.58. The lowest BCUT2D eigenvalue weighted by Crippen LogP contribution is -2.33. The van der Waals surface area contributed by atoms with E-state index in [1.807, 2.05) is 13.0 Å². The Morgan fingerprint density at radius 3 is 2.86 bits per heavy atom. The van der Waals surface area contributed by atoms with Crippen LogP contribution >= 0.6 is 23.1 Å². The molecule has 1 aliphatic carbocycles. The maximum absolute atomic E-state index is 12.3. The van der Waals surface area contributed by atoms with E-state index in [-0.39, 0.29) is 6.04 Å². The van der Waals surface area contributed by atoms with Crippen molar-refractivity contribution >= 4 is 33.1 Å². The van der Waals surface area contributed by atoms with Gasteiger partial charge in [-0.15, -0.1) is 11.3 Å². The molecule has 1 heterocycles. The summed E-state index contributed by atoms with van der Waals surface area (Å²) in [5.41, 5.74) is 0. The fourth-order valence-corrected chi connectivity index (χ4v) is 5.37. The molecule has 21 heavy (non-hydrogen) atoms. The third-order valence-electron chi connectivity index (χ3n) is 3.21. The highest BCUT2D eigenvalue weighted by Gasteiger charge is 2.21. The summed E-state index contributed by atoms with van der Waals surface area (Å²) in [6.07, 6.45) is 3.46. The molecule has 0 bridgehead atoms. The van der Waals surface area contributed by atoms with Gasteiger partial charge in [0, 0.05) is 29.3 Å². The maximum atomic E-state index is 12.3. The molecule has 0 aromatic carbocycles. The van der Waals surface area contributed by atoms with Crippen LogP contribution in [0.15, 0.2) is 16.3 Å². The van der Waals surface area contributed by atoms with Crippen molar-refractivity contribution in [3.05, 3.63) is 17.0 Å². The predicted molar refractivity (Wildman–Crippen MR) is 91.8 cm³/mol. The lowest BCUT2D eigenvalue weighted by Gasteiger charge is -2.12. The van der Waals surface area contributed by atoms with E-state index in [1.165, 1.54) is 24.2 Å². The summed E-state index contributed by atoms with van der Waals surface area (Å²) in [5, 5.41) is 3.45. The van der Waals surface area contributed by atoms with Gasteiger partial charge in [-0.2, -0.15) is 11.8 Å². The molecule has 2 N–H and O–H groups in total. The van der Waals surface area contributed by atoms with Gasteiger partial charge in [-0.1, -0.05) is 6.92 Å². The molecule has 4 nitrogen and oxygen atoms in total. The van der Waals surface area contributed by atoms with Gasteiger partial charge in [-0.25, -0.2) is 13.1 Å². The Bertz CT molecular complexity index is 538. The Balaban J connectivity index is 1.85. The second-order valence-corrected chi connectivity index (χ2v) is 9.81. The van der Waals surface area contributed by atoms with Crippen molar-refractivity contribution in [3.8, 4) is 0 Å². The van der Waals surface area contributed by atoms with Crippen LogP contribution in [0.5, 0.6) is 0 Å². The molecule has 0 amide bonds. The summed E-state index contributed by atoms with van der Waals surface area (Å²) in [6.45, 7) is 4.92. The summed E-state index contributed by atoms with van der Waals surface area (Å²) in [5.74, 6) is 1.81. The Morgan fingerprint density at radius 2 is 2.19 bits per heavy atom. The van der Waals surface area contributed by atoms with Crippen molar-refractivity contribution < 1.29 is 8.42 Å². The lowest BCUT2D eigenvalue weighted by molar-refractivity contribution is 0.573. The molecule has 1 aliphatic rings. The number of hydrogen-bond donors (Lipinski definition) is 2. The van der Waals surface area contributed by atoms with Gasteiger partial charge in [0.05, 0.1) is 0 Å². The average molecular weight is 349 g/mol. The standard InChI is InChI=1S/C14H24N2O2S3/c1-3-19-10-11(2)16-21(17,18)14-7-6-13(20-14)8-9-15-12-4-5-12/h6-7,11-12,15-16H,3-5,8-10H2,1-2H3. The summed E-state index contributed by atoms with van der Waals surface area (Å²) in [7, 11) is -3.36. The van der Waals surface area contributed by atoms with Crippen molar-refractivity contribution in [2.45, 2.75) is 49.4 Å². The Labute approximate surface area is 136 Å². The monoisotopic (exact) mass is 348 g/mol. The Kier molecular flexibility index (Phi) is 6.55. The van der Waals surface area contributed by atoms with Gasteiger partial charge in [0.15, 0.2) is 0 Å². The van der Waals surface area contributed by atoms with Crippen LogP contribution in [0, 0.1) is 0 Å². The van der Waals surface area contributed by atoms with Crippen LogP contribution in [-0.4, -0.2) is 38.6 Å². The maximum Gasteiger partial charge on any atom is 0.250 e. The lowest BCUT2D eigenvalue weighted by atomic mass is 10.3. The van der Waals surface area contributed by atoms with E-state index in [1.54, 1.807) is 17.8 Å². The minimum absolute atomic E-state index is 0.0398. The van der Waals surface area contributed by atoms with Crippen molar-refractivity contribution in [1.82, 2.24) is 10.0 Å². The summed E-state index contributed by atoms with van der Waals surface area (Å²) in [4.78, 5) is 1.12. The molecular weight excluding hydrogens is 324 g/mol. The first-order valence-electron chi connectivity index (χ1n) is 7.43. The molecule has 1 unspecified atom stereocenters. The first-order chi connectivity index (χ1) is 10.0. The SMILES string of the molecule is CCSCC(C)NS(=O)(=O)c1ccc(CCNC2CC2)s1. The number of hydrogen-bond acceptors (Lipinski definition) is 5. The summed E-state index contributed by atoms with van der Waals surface area (Å²) < 4.78 is 27.8. The van der Waals surface area contributed by atoms with E-state index >= 15 is 0 Å². The van der Waals surface area contributed by atoms with Gasteiger partial charge in [-0.05, 0) is 44.1 Å². The zero-order valence-electron chi connectivity index (χ0n) is 12.6. The smallest absolute Gasteiger partial charge is 0.250 e. The number of thioether (sulfide) groups is 1. The number of sulfonamides is 1. The van der Waals surface area contributed by atoms with E-state index in [9.17, 15) is 8.42 Å². The van der Waals surface area contributed by atoms with Gasteiger partial charge in [0.1, 0.15) is 4.21 Å². The fourth-order valence-electron chi connectivity index (χ4n) is 1.98. The van der Waals surface area contributed by atoms with Gasteiger partial charge >= 0.3 is 0 Å². The third kappa shape index (κ3) is 5.90. The Morgan fingerprint density at radius 1 is 1.43 bits per heavy atom. The average Bonchev–Trinajstić information content (AvgIpc) is 3.11. The second-order valence-electron chi connectivity index (χ2n) is 5.38. The minimum atomic E-state index is -3.36. The zero-order chi connectivity index (χ0) is 15.3. The van der Waals surface area contributed by atoms with Crippen LogP contribution < -0.4 is 10.0 Å². The van der Waals surface area contributed by atoms with Crippen molar-refractivity contribution in [2.75, 3.05) is 18.1 Å². The first-order valence-corrected chi connectivity index (χ1v) is 10.9. The van der Waals surface area contributed by atoms with Crippen LogP contribution in [0.25, 0.3) is 0 Å². The molecule has 0 aliphatic heterocycles. The van der Waals surface area contributed by atoms with E-state index in [0.717, 1.165) is 29.3 Å². The molecule has 7 heteroatoms. The van der Waals surface area contributed by atoms with Gasteiger partial charge in [0.25, 0.3) is 0 Å². The van der Waals surface area contributed by atoms with Crippen LogP contribution in [0.1, 0.15) is 31.6 Å². The molecule has 2 rings (SSSR count). The van der Waals surface area contributed by atoms with E-state index in [2.05, 4.69) is 17.0 Å². The molecular formula is C14H24N2O2S3. The molecule has 1 saturated carbocycles. The molecule has 0 saturated heterocycles. The van der Waals surface area contributed by atoms with E-state index in [0.29, 0.717) is 10.3 Å². The number of nitrogens with one attached hydrogen (secondary N) is 2. The normalized spacial score (nSPS) is 17.0. The largest absolute Gasteiger partial charge is 0.314 e. The predicted octanol–water partition coefficient (Wildman–Crippen LogP) is 2.46. The molecule has 120 valence electrons. The first kappa shape index (κ1) is 17.3. The van der Waals surface area contributed by atoms with Crippen LogP contribution in [0.4, 0.5) is 0 Å². The van der Waals surface area contributed by atoms with Gasteiger partial charge in [-0.3, -0.25) is 0 Å². The quantitative estimate of drug-likeness (QED) is 0.682. The molecule has 1 atom stereocenters. The number of rotatable bonds is 10. The molecule has 0 radical (unpaired) electrons. The van der Waals surface area contributed by atoms with Gasteiger partial charge < -0.3 is 5.32 Å². The highest BCUT2D eigenvalue weighted by atomic mass is 32.2. The minimum Gasteiger partial charge on any atom is -0.314 e. The molecule has 1 aromatic heterocycles. The van der Waals surface area contributed by atoms with Crippen LogP contribution in [-0.2, 0) is 16.4 Å². The molecule has 1 aromatic rings. The van der Waals surface area contributed by atoms with Crippen LogP contribution in [0.2, 0.25) is 0 Å². The van der Waals surface area contributed by atoms with Gasteiger partial charge in [0.2, 0.25) is 10.0 Å². The molecule has 1 fully saturated rings. The van der Waals surface area contributed by atoms with Crippen molar-refractivity contribution in [3.63, 3.8) is 0 Å². The van der Waals surface area contributed by atoms with Crippen LogP contribution in [0.3, 0.4) is 0 Å². The second kappa shape index (κ2) is 7.97. The summed E-state index contributed by atoms with van der Waals surface area (Å²) in [6, 6.07) is 4.31. The fraction of sp³-hybridized carbons (Fsp3) is 0.714. The topological polar surface area (TPSA) is 58.2 Å². The molecule has 0 spiro atoms. The summed E-state index contributed by atoms with van der Waals surface area (Å²) >= 11 is 3.13. The van der Waals surface area contributed by atoms with Crippen molar-refractivity contribution in [1.29, 1.82) is 0 Å². The zero-order valence-corrected chi connectivity index (χ0v) is 15.0. The number of thiophene rings is 1. The van der Waals surface area contributed by atoms with Crippen molar-refractivity contribution in [2.24, 2.45) is 0 Å². The van der Waals surface area contributed by atoms with E-state index in [4.69, 9.17) is 0 Å². The highest BCUT2D eigenvalue weighted by molar-refractivity contribution is 7.99. The van der Waals surface area contributed by atoms with E-state index < -0.39 is 10.0 Å².